The predicted octanol–water partition coefficient (Wildman–Crippen LogP) is 4.68. The fourth-order valence-electron chi connectivity index (χ4n) is 3.53. The molecule has 1 heterocycles. The number of morpholine rings is 1. The zero-order valence-corrected chi connectivity index (χ0v) is 16.9. The summed E-state index contributed by atoms with van der Waals surface area (Å²) >= 11 is 5.98. The Morgan fingerprint density at radius 2 is 1.89 bits per heavy atom. The average Bonchev–Trinajstić information content (AvgIpc) is 3.55. The highest BCUT2D eigenvalue weighted by atomic mass is 35.5. The summed E-state index contributed by atoms with van der Waals surface area (Å²) in [5.41, 5.74) is 4.20. The van der Waals surface area contributed by atoms with Crippen molar-refractivity contribution in [3.63, 3.8) is 0 Å². The van der Waals surface area contributed by atoms with Gasteiger partial charge in [-0.25, -0.2) is 4.79 Å². The molecule has 2 aliphatic rings. The van der Waals surface area contributed by atoms with Gasteiger partial charge in [0.05, 0.1) is 13.2 Å². The molecule has 2 aromatic carbocycles. The molecule has 0 atom stereocenters. The van der Waals surface area contributed by atoms with Gasteiger partial charge in [-0.1, -0.05) is 23.7 Å². The highest BCUT2D eigenvalue weighted by Gasteiger charge is 2.32. The van der Waals surface area contributed by atoms with Crippen molar-refractivity contribution in [2.45, 2.75) is 32.4 Å². The Hall–Kier alpha value is -2.24. The Kier molecular flexibility index (Phi) is 5.74. The molecular formula is C22H26ClN3O2. The van der Waals surface area contributed by atoms with Crippen molar-refractivity contribution in [2.24, 2.45) is 0 Å². The van der Waals surface area contributed by atoms with Crippen molar-refractivity contribution in [2.75, 3.05) is 36.5 Å². The molecule has 2 amide bonds. The summed E-state index contributed by atoms with van der Waals surface area (Å²) in [7, 11) is 0. The molecule has 148 valence electrons. The first-order chi connectivity index (χ1) is 13.6. The van der Waals surface area contributed by atoms with Crippen LogP contribution in [-0.2, 0) is 11.3 Å². The number of ether oxygens (including phenoxy) is 1. The summed E-state index contributed by atoms with van der Waals surface area (Å²) < 4.78 is 5.43. The number of anilines is 2. The first kappa shape index (κ1) is 19.1. The van der Waals surface area contributed by atoms with E-state index in [1.807, 2.05) is 42.2 Å². The largest absolute Gasteiger partial charge is 0.378 e. The van der Waals surface area contributed by atoms with Crippen LogP contribution < -0.4 is 10.2 Å². The minimum Gasteiger partial charge on any atom is -0.378 e. The molecule has 0 spiro atoms. The quantitative estimate of drug-likeness (QED) is 0.793. The fourth-order valence-corrected chi connectivity index (χ4v) is 3.66. The number of hydrogen-bond acceptors (Lipinski definition) is 3. The van der Waals surface area contributed by atoms with E-state index >= 15 is 0 Å². The zero-order valence-electron chi connectivity index (χ0n) is 16.2. The van der Waals surface area contributed by atoms with Crippen molar-refractivity contribution in [1.29, 1.82) is 0 Å². The number of amides is 2. The Morgan fingerprint density at radius 3 is 2.54 bits per heavy atom. The number of hydrogen-bond donors (Lipinski definition) is 1. The molecule has 5 nitrogen and oxygen atoms in total. The summed E-state index contributed by atoms with van der Waals surface area (Å²) in [6.45, 7) is 5.97. The van der Waals surface area contributed by atoms with Crippen LogP contribution in [0.25, 0.3) is 0 Å². The fraction of sp³-hybridized carbons (Fsp3) is 0.409. The van der Waals surface area contributed by atoms with Gasteiger partial charge in [0.1, 0.15) is 0 Å². The maximum atomic E-state index is 13.0. The van der Waals surface area contributed by atoms with Gasteiger partial charge in [0.25, 0.3) is 0 Å². The number of aryl methyl sites for hydroxylation is 1. The molecule has 4 rings (SSSR count). The van der Waals surface area contributed by atoms with Gasteiger partial charge >= 0.3 is 6.03 Å². The van der Waals surface area contributed by atoms with E-state index in [9.17, 15) is 4.79 Å². The Labute approximate surface area is 171 Å². The van der Waals surface area contributed by atoms with Gasteiger partial charge in [-0.15, -0.1) is 0 Å². The lowest BCUT2D eigenvalue weighted by Crippen LogP contribution is -2.37. The monoisotopic (exact) mass is 399 g/mol. The van der Waals surface area contributed by atoms with E-state index in [4.69, 9.17) is 16.3 Å². The SMILES string of the molecule is Cc1cc(N2CCOCC2)ccc1NC(=O)N(Cc1ccc(Cl)cc1)C1CC1. The van der Waals surface area contributed by atoms with Gasteiger partial charge in [-0.2, -0.15) is 0 Å². The van der Waals surface area contributed by atoms with Gasteiger partial charge in [0.2, 0.25) is 0 Å². The van der Waals surface area contributed by atoms with Crippen molar-refractivity contribution in [3.8, 4) is 0 Å². The van der Waals surface area contributed by atoms with Gasteiger partial charge in [-0.3, -0.25) is 0 Å². The Morgan fingerprint density at radius 1 is 1.18 bits per heavy atom. The Bertz CT molecular complexity index is 830. The third-order valence-electron chi connectivity index (χ3n) is 5.34. The van der Waals surface area contributed by atoms with Crippen LogP contribution in [0.5, 0.6) is 0 Å². The lowest BCUT2D eigenvalue weighted by atomic mass is 10.1. The number of carbonyl (C=O) groups excluding carboxylic acids is 1. The van der Waals surface area contributed by atoms with Crippen LogP contribution in [0.2, 0.25) is 5.02 Å². The molecule has 6 heteroatoms. The molecule has 28 heavy (non-hydrogen) atoms. The predicted molar refractivity (Wildman–Crippen MR) is 113 cm³/mol. The van der Waals surface area contributed by atoms with Gasteiger partial charge in [-0.05, 0) is 61.2 Å². The molecule has 1 N–H and O–H groups in total. The maximum Gasteiger partial charge on any atom is 0.322 e. The summed E-state index contributed by atoms with van der Waals surface area (Å²) in [4.78, 5) is 17.2. The van der Waals surface area contributed by atoms with Gasteiger partial charge in [0, 0.05) is 42.1 Å². The van der Waals surface area contributed by atoms with Crippen molar-refractivity contribution in [1.82, 2.24) is 4.90 Å². The summed E-state index contributed by atoms with van der Waals surface area (Å²) in [6.07, 6.45) is 2.13. The van der Waals surface area contributed by atoms with Crippen LogP contribution in [0.15, 0.2) is 42.5 Å². The molecule has 1 aliphatic heterocycles. The lowest BCUT2D eigenvalue weighted by molar-refractivity contribution is 0.122. The normalized spacial score (nSPS) is 16.7. The van der Waals surface area contributed by atoms with Crippen molar-refractivity contribution >= 4 is 29.0 Å². The molecule has 2 fully saturated rings. The van der Waals surface area contributed by atoms with Gasteiger partial charge in [0.15, 0.2) is 0 Å². The number of nitrogens with one attached hydrogen (secondary N) is 1. The first-order valence-electron chi connectivity index (χ1n) is 9.85. The molecular weight excluding hydrogens is 374 g/mol. The van der Waals surface area contributed by atoms with E-state index < -0.39 is 0 Å². The third-order valence-corrected chi connectivity index (χ3v) is 5.59. The zero-order chi connectivity index (χ0) is 19.5. The summed E-state index contributed by atoms with van der Waals surface area (Å²) in [5.74, 6) is 0. The Balaban J connectivity index is 1.44. The van der Waals surface area contributed by atoms with E-state index in [-0.39, 0.29) is 6.03 Å². The lowest BCUT2D eigenvalue weighted by Gasteiger charge is -2.29. The van der Waals surface area contributed by atoms with Crippen LogP contribution in [0.1, 0.15) is 24.0 Å². The molecule has 1 saturated carbocycles. The van der Waals surface area contributed by atoms with Crippen LogP contribution in [0.3, 0.4) is 0 Å². The minimum absolute atomic E-state index is 0.0420. The second-order valence-electron chi connectivity index (χ2n) is 7.51. The molecule has 0 radical (unpaired) electrons. The third kappa shape index (κ3) is 4.59. The van der Waals surface area contributed by atoms with Crippen molar-refractivity contribution < 1.29 is 9.53 Å². The number of carbonyl (C=O) groups is 1. The van der Waals surface area contributed by atoms with Gasteiger partial charge < -0.3 is 19.9 Å². The summed E-state index contributed by atoms with van der Waals surface area (Å²) in [5, 5.41) is 3.82. The number of benzene rings is 2. The number of nitrogens with zero attached hydrogens (tertiary/aromatic N) is 2. The highest BCUT2D eigenvalue weighted by Crippen LogP contribution is 2.30. The van der Waals surface area contributed by atoms with Crippen molar-refractivity contribution in [3.05, 3.63) is 58.6 Å². The van der Waals surface area contributed by atoms with E-state index in [1.54, 1.807) is 0 Å². The smallest absolute Gasteiger partial charge is 0.322 e. The molecule has 1 saturated heterocycles. The molecule has 1 aliphatic carbocycles. The minimum atomic E-state index is -0.0420. The number of halogens is 1. The molecule has 0 bridgehead atoms. The molecule has 0 unspecified atom stereocenters. The number of rotatable bonds is 5. The van der Waals surface area contributed by atoms with E-state index in [2.05, 4.69) is 22.3 Å². The van der Waals surface area contributed by atoms with Crippen LogP contribution in [0, 0.1) is 6.92 Å². The topological polar surface area (TPSA) is 44.8 Å². The number of urea groups is 1. The van der Waals surface area contributed by atoms with E-state index in [1.165, 1.54) is 5.69 Å². The van der Waals surface area contributed by atoms with Crippen LogP contribution in [-0.4, -0.2) is 43.3 Å². The van der Waals surface area contributed by atoms with Crippen LogP contribution >= 0.6 is 11.6 Å². The molecule has 0 aromatic heterocycles. The first-order valence-corrected chi connectivity index (χ1v) is 10.2. The molecule has 2 aromatic rings. The maximum absolute atomic E-state index is 13.0. The van der Waals surface area contributed by atoms with E-state index in [0.29, 0.717) is 17.6 Å². The standard InChI is InChI=1S/C22H26ClN3O2/c1-16-14-20(25-10-12-28-13-11-25)8-9-21(16)24-22(27)26(19-6-7-19)15-17-2-4-18(23)5-3-17/h2-5,8-9,14,19H,6-7,10-13,15H2,1H3,(H,24,27). The van der Waals surface area contributed by atoms with E-state index in [0.717, 1.165) is 56.0 Å². The summed E-state index contributed by atoms with van der Waals surface area (Å²) in [6, 6.07) is 14.2. The highest BCUT2D eigenvalue weighted by molar-refractivity contribution is 6.30. The average molecular weight is 400 g/mol. The second kappa shape index (κ2) is 8.41. The van der Waals surface area contributed by atoms with Crippen LogP contribution in [0.4, 0.5) is 16.2 Å². The second-order valence-corrected chi connectivity index (χ2v) is 7.95.